The van der Waals surface area contributed by atoms with E-state index in [1.54, 1.807) is 0 Å². The van der Waals surface area contributed by atoms with Crippen LogP contribution in [0.2, 0.25) is 0 Å². The van der Waals surface area contributed by atoms with Crippen molar-refractivity contribution >= 4 is 5.78 Å². The highest BCUT2D eigenvalue weighted by Gasteiger charge is 2.24. The molecule has 0 aromatic rings. The number of ketones is 1. The molecule has 1 rings (SSSR count). The molecule has 1 aliphatic rings. The zero-order valence-corrected chi connectivity index (χ0v) is 7.60. The summed E-state index contributed by atoms with van der Waals surface area (Å²) in [5.41, 5.74) is 0. The Morgan fingerprint density at radius 2 is 2.18 bits per heavy atom. The van der Waals surface area contributed by atoms with Gasteiger partial charge >= 0.3 is 0 Å². The van der Waals surface area contributed by atoms with Gasteiger partial charge in [-0.3, -0.25) is 4.79 Å². The summed E-state index contributed by atoms with van der Waals surface area (Å²) in [6.07, 6.45) is 5.52. The van der Waals surface area contributed by atoms with Gasteiger partial charge in [-0.25, -0.2) is 0 Å². The zero-order valence-electron chi connectivity index (χ0n) is 7.60. The van der Waals surface area contributed by atoms with Crippen LogP contribution in [0.25, 0.3) is 0 Å². The van der Waals surface area contributed by atoms with Crippen molar-refractivity contribution in [1.82, 2.24) is 0 Å². The van der Waals surface area contributed by atoms with Crippen molar-refractivity contribution in [3.05, 3.63) is 0 Å². The van der Waals surface area contributed by atoms with Crippen LogP contribution in [0.15, 0.2) is 0 Å². The second-order valence-electron chi connectivity index (χ2n) is 3.84. The number of carbonyl (C=O) groups excluding carboxylic acids is 1. The maximum Gasteiger partial charge on any atom is 0.136 e. The molecule has 1 nitrogen and oxygen atoms in total. The number of hydrogen-bond donors (Lipinski definition) is 0. The normalized spacial score (nSPS) is 32.4. The summed E-state index contributed by atoms with van der Waals surface area (Å²) in [5, 5.41) is 0. The quantitative estimate of drug-likeness (QED) is 0.597. The lowest BCUT2D eigenvalue weighted by molar-refractivity contribution is -0.126. The van der Waals surface area contributed by atoms with Crippen LogP contribution in [-0.2, 0) is 4.79 Å². The van der Waals surface area contributed by atoms with Crippen molar-refractivity contribution in [3.8, 4) is 0 Å². The third-order valence-electron chi connectivity index (χ3n) is 2.65. The van der Waals surface area contributed by atoms with E-state index in [2.05, 4.69) is 13.8 Å². The molecule has 1 saturated carbocycles. The van der Waals surface area contributed by atoms with Gasteiger partial charge in [0, 0.05) is 12.3 Å². The Balaban J connectivity index is 2.38. The van der Waals surface area contributed by atoms with E-state index >= 15 is 0 Å². The van der Waals surface area contributed by atoms with Gasteiger partial charge in [-0.15, -0.1) is 0 Å². The first-order valence-corrected chi connectivity index (χ1v) is 4.76. The van der Waals surface area contributed by atoms with E-state index in [1.165, 1.54) is 6.42 Å². The lowest BCUT2D eigenvalue weighted by Crippen LogP contribution is -2.23. The Morgan fingerprint density at radius 1 is 1.45 bits per heavy atom. The summed E-state index contributed by atoms with van der Waals surface area (Å²) in [6, 6.07) is 0. The zero-order chi connectivity index (χ0) is 8.27. The lowest BCUT2D eigenvalue weighted by Gasteiger charge is -2.24. The summed E-state index contributed by atoms with van der Waals surface area (Å²) in [6.45, 7) is 4.34. The predicted octanol–water partition coefficient (Wildman–Crippen LogP) is 2.79. The highest BCUT2D eigenvalue weighted by atomic mass is 16.1. The minimum absolute atomic E-state index is 0.413. The molecule has 0 amide bonds. The lowest BCUT2D eigenvalue weighted by atomic mass is 9.80. The monoisotopic (exact) mass is 154 g/mol. The standard InChI is InChI=1S/C10H18O/c1-3-4-9-6-5-8(2)7-10(9)11/h8-9H,3-7H2,1-2H3/t8-,9-/m0/s1. The van der Waals surface area contributed by atoms with Crippen LogP contribution < -0.4 is 0 Å². The highest BCUT2D eigenvalue weighted by Crippen LogP contribution is 2.28. The van der Waals surface area contributed by atoms with Crippen LogP contribution >= 0.6 is 0 Å². The fourth-order valence-corrected chi connectivity index (χ4v) is 1.91. The van der Waals surface area contributed by atoms with Gasteiger partial charge in [0.05, 0.1) is 0 Å². The van der Waals surface area contributed by atoms with Crippen molar-refractivity contribution < 1.29 is 4.79 Å². The first-order chi connectivity index (χ1) is 5.24. The summed E-state index contributed by atoms with van der Waals surface area (Å²) < 4.78 is 0. The van der Waals surface area contributed by atoms with Gasteiger partial charge < -0.3 is 0 Å². The topological polar surface area (TPSA) is 17.1 Å². The van der Waals surface area contributed by atoms with Gasteiger partial charge in [0.2, 0.25) is 0 Å². The molecule has 0 bridgehead atoms. The van der Waals surface area contributed by atoms with Crippen molar-refractivity contribution in [2.45, 2.75) is 46.0 Å². The van der Waals surface area contributed by atoms with E-state index < -0.39 is 0 Å². The summed E-state index contributed by atoms with van der Waals surface area (Å²) in [5.74, 6) is 1.58. The smallest absolute Gasteiger partial charge is 0.136 e. The maximum absolute atomic E-state index is 11.4. The fraction of sp³-hybridized carbons (Fsp3) is 0.900. The third kappa shape index (κ3) is 2.32. The molecule has 64 valence electrons. The van der Waals surface area contributed by atoms with Gasteiger partial charge in [0.15, 0.2) is 0 Å². The fourth-order valence-electron chi connectivity index (χ4n) is 1.91. The molecule has 11 heavy (non-hydrogen) atoms. The largest absolute Gasteiger partial charge is 0.299 e. The molecule has 0 aromatic carbocycles. The predicted molar refractivity (Wildman–Crippen MR) is 46.4 cm³/mol. The molecule has 0 saturated heterocycles. The second kappa shape index (κ2) is 3.89. The first kappa shape index (κ1) is 8.76. The minimum atomic E-state index is 0.413. The van der Waals surface area contributed by atoms with E-state index in [-0.39, 0.29) is 0 Å². The molecule has 0 radical (unpaired) electrons. The van der Waals surface area contributed by atoms with Gasteiger partial charge in [0.25, 0.3) is 0 Å². The van der Waals surface area contributed by atoms with Gasteiger partial charge in [-0.2, -0.15) is 0 Å². The first-order valence-electron chi connectivity index (χ1n) is 4.76. The van der Waals surface area contributed by atoms with E-state index in [0.717, 1.165) is 25.7 Å². The van der Waals surface area contributed by atoms with E-state index in [0.29, 0.717) is 17.6 Å². The van der Waals surface area contributed by atoms with Crippen LogP contribution in [0.4, 0.5) is 0 Å². The third-order valence-corrected chi connectivity index (χ3v) is 2.65. The van der Waals surface area contributed by atoms with Crippen molar-refractivity contribution in [1.29, 1.82) is 0 Å². The Hall–Kier alpha value is -0.330. The van der Waals surface area contributed by atoms with Gasteiger partial charge in [-0.05, 0) is 25.2 Å². The number of Topliss-reactive ketones (excluding diaryl/α,β-unsaturated/α-hetero) is 1. The van der Waals surface area contributed by atoms with Crippen LogP contribution in [0, 0.1) is 11.8 Å². The summed E-state index contributed by atoms with van der Waals surface area (Å²) >= 11 is 0. The number of carbonyl (C=O) groups is 1. The molecule has 0 N–H and O–H groups in total. The van der Waals surface area contributed by atoms with Gasteiger partial charge in [0.1, 0.15) is 5.78 Å². The highest BCUT2D eigenvalue weighted by molar-refractivity contribution is 5.81. The van der Waals surface area contributed by atoms with Crippen molar-refractivity contribution in [2.24, 2.45) is 11.8 Å². The average molecular weight is 154 g/mol. The molecule has 0 heterocycles. The molecule has 0 spiro atoms. The Bertz CT molecular complexity index is 140. The van der Waals surface area contributed by atoms with E-state index in [1.807, 2.05) is 0 Å². The number of rotatable bonds is 2. The van der Waals surface area contributed by atoms with Gasteiger partial charge in [-0.1, -0.05) is 20.3 Å². The molecule has 1 aliphatic carbocycles. The van der Waals surface area contributed by atoms with Crippen LogP contribution in [0.5, 0.6) is 0 Å². The maximum atomic E-state index is 11.4. The molecule has 1 heteroatoms. The molecule has 1 fully saturated rings. The molecule has 0 aliphatic heterocycles. The summed E-state index contributed by atoms with van der Waals surface area (Å²) in [4.78, 5) is 11.4. The van der Waals surface area contributed by atoms with Crippen molar-refractivity contribution in [3.63, 3.8) is 0 Å². The summed E-state index contributed by atoms with van der Waals surface area (Å²) in [7, 11) is 0. The SMILES string of the molecule is CCC[C@H]1CC[C@H](C)CC1=O. The Morgan fingerprint density at radius 3 is 2.73 bits per heavy atom. The van der Waals surface area contributed by atoms with Crippen LogP contribution in [-0.4, -0.2) is 5.78 Å². The van der Waals surface area contributed by atoms with Crippen LogP contribution in [0.1, 0.15) is 46.0 Å². The van der Waals surface area contributed by atoms with E-state index in [9.17, 15) is 4.79 Å². The average Bonchev–Trinajstić information content (AvgIpc) is 1.95. The molecule has 0 aromatic heterocycles. The minimum Gasteiger partial charge on any atom is -0.299 e. The molecule has 2 atom stereocenters. The molecular formula is C10H18O. The Kier molecular flexibility index (Phi) is 3.10. The van der Waals surface area contributed by atoms with Crippen LogP contribution in [0.3, 0.4) is 0 Å². The Labute approximate surface area is 69.2 Å². The van der Waals surface area contributed by atoms with E-state index in [4.69, 9.17) is 0 Å². The van der Waals surface area contributed by atoms with Crippen molar-refractivity contribution in [2.75, 3.05) is 0 Å². The molecule has 0 unspecified atom stereocenters. The molecular weight excluding hydrogens is 136 g/mol. The number of hydrogen-bond acceptors (Lipinski definition) is 1. The second-order valence-corrected chi connectivity index (χ2v) is 3.84.